The smallest absolute Gasteiger partial charge is 0.161 e. The van der Waals surface area contributed by atoms with E-state index in [1.165, 1.54) is 6.07 Å². The highest BCUT2D eigenvalue weighted by Gasteiger charge is 2.22. The van der Waals surface area contributed by atoms with Crippen LogP contribution in [0.25, 0.3) is 11.4 Å². The Morgan fingerprint density at radius 3 is 2.44 bits per heavy atom. The number of aryl methyl sites for hydroxylation is 1. The number of phenols is 1. The fourth-order valence-electron chi connectivity index (χ4n) is 1.67. The minimum absolute atomic E-state index is 0.117. The molecule has 2 rings (SSSR count). The van der Waals surface area contributed by atoms with Crippen molar-refractivity contribution in [2.45, 2.75) is 26.2 Å². The molecule has 0 aliphatic rings. The van der Waals surface area contributed by atoms with Gasteiger partial charge in [0.15, 0.2) is 11.6 Å². The van der Waals surface area contributed by atoms with Gasteiger partial charge in [0.25, 0.3) is 0 Å². The number of phenolic OH excluding ortho intramolecular Hbond substituents is 1. The lowest BCUT2D eigenvalue weighted by molar-refractivity contribution is 0.476. The summed E-state index contributed by atoms with van der Waals surface area (Å²) in [4.78, 5) is 4.49. The van der Waals surface area contributed by atoms with Crippen LogP contribution in [-0.2, 0) is 12.5 Å². The molecule has 0 fully saturated rings. The Morgan fingerprint density at radius 1 is 1.28 bits per heavy atom. The highest BCUT2D eigenvalue weighted by Crippen LogP contribution is 2.30. The van der Waals surface area contributed by atoms with Crippen LogP contribution < -0.4 is 5.73 Å². The van der Waals surface area contributed by atoms with Crippen LogP contribution in [0.2, 0.25) is 0 Å². The molecule has 3 N–H and O–H groups in total. The second kappa shape index (κ2) is 4.01. The molecule has 2 aromatic rings. The first-order chi connectivity index (χ1) is 8.29. The topological polar surface area (TPSA) is 77.0 Å². The van der Waals surface area contributed by atoms with E-state index in [0.717, 1.165) is 5.82 Å². The van der Waals surface area contributed by atoms with Crippen molar-refractivity contribution in [1.82, 2.24) is 14.8 Å². The van der Waals surface area contributed by atoms with Gasteiger partial charge in [0.2, 0.25) is 0 Å². The van der Waals surface area contributed by atoms with Crippen LogP contribution in [0.3, 0.4) is 0 Å². The normalized spacial score (nSPS) is 11.8. The van der Waals surface area contributed by atoms with Crippen molar-refractivity contribution < 1.29 is 5.11 Å². The molecular weight excluding hydrogens is 228 g/mol. The quantitative estimate of drug-likeness (QED) is 0.755. The maximum Gasteiger partial charge on any atom is 0.161 e. The number of anilines is 1. The van der Waals surface area contributed by atoms with Crippen molar-refractivity contribution in [3.05, 3.63) is 24.0 Å². The van der Waals surface area contributed by atoms with Gasteiger partial charge in [0.1, 0.15) is 5.75 Å². The predicted molar refractivity (Wildman–Crippen MR) is 71.2 cm³/mol. The number of aromatic hydroxyl groups is 1. The Balaban J connectivity index is 2.55. The van der Waals surface area contributed by atoms with Crippen molar-refractivity contribution in [3.63, 3.8) is 0 Å². The number of rotatable bonds is 1. The van der Waals surface area contributed by atoms with Gasteiger partial charge in [0.05, 0.1) is 5.56 Å². The van der Waals surface area contributed by atoms with Crippen LogP contribution in [0, 0.1) is 0 Å². The Hall–Kier alpha value is -2.04. The maximum absolute atomic E-state index is 9.92. The van der Waals surface area contributed by atoms with Crippen molar-refractivity contribution in [2.24, 2.45) is 7.05 Å². The lowest BCUT2D eigenvalue weighted by Crippen LogP contribution is -2.13. The number of aromatic nitrogens is 3. The molecule has 0 radical (unpaired) electrons. The molecule has 0 saturated carbocycles. The van der Waals surface area contributed by atoms with Crippen molar-refractivity contribution in [3.8, 4) is 17.1 Å². The average molecular weight is 246 g/mol. The third-order valence-electron chi connectivity index (χ3n) is 2.70. The second-order valence-corrected chi connectivity index (χ2v) is 5.41. The maximum atomic E-state index is 9.92. The zero-order chi connectivity index (χ0) is 13.5. The molecule has 0 saturated heterocycles. The molecule has 0 bridgehead atoms. The number of benzene rings is 1. The van der Waals surface area contributed by atoms with Gasteiger partial charge >= 0.3 is 0 Å². The van der Waals surface area contributed by atoms with Crippen LogP contribution in [-0.4, -0.2) is 19.9 Å². The summed E-state index contributed by atoms with van der Waals surface area (Å²) in [6.45, 7) is 6.15. The van der Waals surface area contributed by atoms with E-state index in [9.17, 15) is 5.11 Å². The largest absolute Gasteiger partial charge is 0.507 e. The molecule has 96 valence electrons. The van der Waals surface area contributed by atoms with Gasteiger partial charge in [-0.25, -0.2) is 9.67 Å². The molecular formula is C13H18N4O. The third-order valence-corrected chi connectivity index (χ3v) is 2.70. The number of nitrogen functional groups attached to an aromatic ring is 1. The Bertz CT molecular complexity index is 581. The third kappa shape index (κ3) is 2.16. The Kier molecular flexibility index (Phi) is 2.77. The first kappa shape index (κ1) is 12.4. The van der Waals surface area contributed by atoms with Gasteiger partial charge in [-0.05, 0) is 12.1 Å². The van der Waals surface area contributed by atoms with E-state index in [1.54, 1.807) is 16.8 Å². The first-order valence-electron chi connectivity index (χ1n) is 5.79. The summed E-state index contributed by atoms with van der Waals surface area (Å²) in [7, 11) is 1.81. The fourth-order valence-corrected chi connectivity index (χ4v) is 1.67. The van der Waals surface area contributed by atoms with Crippen LogP contribution in [0.1, 0.15) is 26.6 Å². The van der Waals surface area contributed by atoms with Crippen LogP contribution in [0.5, 0.6) is 5.75 Å². The molecule has 0 aliphatic heterocycles. The highest BCUT2D eigenvalue weighted by molar-refractivity contribution is 5.67. The van der Waals surface area contributed by atoms with Crippen LogP contribution >= 0.6 is 0 Å². The van der Waals surface area contributed by atoms with Gasteiger partial charge in [-0.2, -0.15) is 5.10 Å². The molecule has 5 nitrogen and oxygen atoms in total. The predicted octanol–water partition coefficient (Wildman–Crippen LogP) is 2.07. The van der Waals surface area contributed by atoms with Gasteiger partial charge in [-0.3, -0.25) is 0 Å². The molecule has 0 amide bonds. The van der Waals surface area contributed by atoms with Crippen molar-refractivity contribution >= 4 is 5.69 Å². The van der Waals surface area contributed by atoms with Gasteiger partial charge in [-0.15, -0.1) is 0 Å². The van der Waals surface area contributed by atoms with Gasteiger partial charge < -0.3 is 10.8 Å². The monoisotopic (exact) mass is 246 g/mol. The summed E-state index contributed by atoms with van der Waals surface area (Å²) in [5.74, 6) is 1.50. The molecule has 0 spiro atoms. The molecule has 0 unspecified atom stereocenters. The zero-order valence-corrected chi connectivity index (χ0v) is 11.1. The Labute approximate surface area is 106 Å². The summed E-state index contributed by atoms with van der Waals surface area (Å²) in [6, 6.07) is 5.00. The summed E-state index contributed by atoms with van der Waals surface area (Å²) in [5, 5.41) is 14.3. The number of hydrogen-bond acceptors (Lipinski definition) is 4. The van der Waals surface area contributed by atoms with E-state index in [0.29, 0.717) is 17.1 Å². The molecule has 1 aromatic heterocycles. The van der Waals surface area contributed by atoms with Crippen LogP contribution in [0.15, 0.2) is 18.2 Å². The van der Waals surface area contributed by atoms with E-state index in [1.807, 2.05) is 7.05 Å². The molecule has 1 aromatic carbocycles. The number of hydrogen-bond donors (Lipinski definition) is 2. The molecule has 0 atom stereocenters. The highest BCUT2D eigenvalue weighted by atomic mass is 16.3. The molecule has 1 heterocycles. The van der Waals surface area contributed by atoms with E-state index < -0.39 is 0 Å². The number of nitrogens with two attached hydrogens (primary N) is 1. The minimum atomic E-state index is -0.126. The lowest BCUT2D eigenvalue weighted by atomic mass is 9.96. The van der Waals surface area contributed by atoms with Crippen molar-refractivity contribution in [1.29, 1.82) is 0 Å². The van der Waals surface area contributed by atoms with E-state index in [4.69, 9.17) is 5.73 Å². The summed E-state index contributed by atoms with van der Waals surface area (Å²) in [5.41, 5.74) is 6.65. The minimum Gasteiger partial charge on any atom is -0.507 e. The fraction of sp³-hybridized carbons (Fsp3) is 0.385. The average Bonchev–Trinajstić information content (AvgIpc) is 2.60. The lowest BCUT2D eigenvalue weighted by Gasteiger charge is -2.12. The van der Waals surface area contributed by atoms with Gasteiger partial charge in [0, 0.05) is 24.2 Å². The van der Waals surface area contributed by atoms with E-state index in [2.05, 4.69) is 30.9 Å². The second-order valence-electron chi connectivity index (χ2n) is 5.41. The first-order valence-corrected chi connectivity index (χ1v) is 5.79. The Morgan fingerprint density at radius 2 is 1.94 bits per heavy atom. The standard InChI is InChI=1S/C13H18N4O/c1-13(2,3)12-15-11(17(4)16-12)9-6-5-8(14)7-10(9)18/h5-7,18H,14H2,1-4H3. The molecule has 5 heteroatoms. The van der Waals surface area contributed by atoms with E-state index in [-0.39, 0.29) is 11.2 Å². The molecule has 0 aliphatic carbocycles. The van der Waals surface area contributed by atoms with E-state index >= 15 is 0 Å². The summed E-state index contributed by atoms with van der Waals surface area (Å²) < 4.78 is 1.67. The van der Waals surface area contributed by atoms with Crippen molar-refractivity contribution in [2.75, 3.05) is 5.73 Å². The summed E-state index contributed by atoms with van der Waals surface area (Å²) >= 11 is 0. The number of nitrogens with zero attached hydrogens (tertiary/aromatic N) is 3. The van der Waals surface area contributed by atoms with Crippen LogP contribution in [0.4, 0.5) is 5.69 Å². The SMILES string of the molecule is Cn1nc(C(C)(C)C)nc1-c1ccc(N)cc1O. The molecule has 18 heavy (non-hydrogen) atoms. The zero-order valence-electron chi connectivity index (χ0n) is 11.1. The van der Waals surface area contributed by atoms with Gasteiger partial charge in [-0.1, -0.05) is 20.8 Å². The summed E-state index contributed by atoms with van der Waals surface area (Å²) in [6.07, 6.45) is 0.